The van der Waals surface area contributed by atoms with Gasteiger partial charge in [-0.25, -0.2) is 4.79 Å². The predicted molar refractivity (Wildman–Crippen MR) is 106 cm³/mol. The number of ether oxygens (including phenoxy) is 1. The number of piperidine rings is 1. The maximum absolute atomic E-state index is 11.0. The first-order valence-corrected chi connectivity index (χ1v) is 9.58. The zero-order chi connectivity index (χ0) is 19.1. The van der Waals surface area contributed by atoms with Gasteiger partial charge in [0.2, 0.25) is 0 Å². The van der Waals surface area contributed by atoms with Crippen molar-refractivity contribution in [1.29, 1.82) is 0 Å². The monoisotopic (exact) mass is 368 g/mol. The molecule has 5 heteroatoms. The molecule has 0 aliphatic carbocycles. The Labute approximate surface area is 161 Å². The third-order valence-corrected chi connectivity index (χ3v) is 5.20. The van der Waals surface area contributed by atoms with E-state index in [1.165, 1.54) is 24.8 Å². The SMILES string of the molecule is COc1ccc(C(CNCc2ccc(C(=O)O)cc2)N2CCCCC2)cc1. The number of nitrogens with zero attached hydrogens (tertiary/aromatic N) is 1. The van der Waals surface area contributed by atoms with E-state index in [4.69, 9.17) is 9.84 Å². The molecule has 1 unspecified atom stereocenters. The molecule has 0 radical (unpaired) electrons. The van der Waals surface area contributed by atoms with Gasteiger partial charge in [0.15, 0.2) is 0 Å². The van der Waals surface area contributed by atoms with Gasteiger partial charge in [-0.15, -0.1) is 0 Å². The van der Waals surface area contributed by atoms with Gasteiger partial charge in [0.1, 0.15) is 5.75 Å². The van der Waals surface area contributed by atoms with Gasteiger partial charge in [0.25, 0.3) is 0 Å². The Bertz CT molecular complexity index is 722. The lowest BCUT2D eigenvalue weighted by Crippen LogP contribution is -2.39. The smallest absolute Gasteiger partial charge is 0.335 e. The number of aromatic carboxylic acids is 1. The maximum Gasteiger partial charge on any atom is 0.335 e. The Kier molecular flexibility index (Phi) is 6.85. The topological polar surface area (TPSA) is 61.8 Å². The molecule has 5 nitrogen and oxygen atoms in total. The molecule has 1 atom stereocenters. The van der Waals surface area contributed by atoms with Crippen LogP contribution in [-0.2, 0) is 6.54 Å². The van der Waals surface area contributed by atoms with Gasteiger partial charge in [0, 0.05) is 19.1 Å². The van der Waals surface area contributed by atoms with E-state index in [1.54, 1.807) is 19.2 Å². The fourth-order valence-corrected chi connectivity index (χ4v) is 3.63. The Morgan fingerprint density at radius 1 is 1.07 bits per heavy atom. The Hall–Kier alpha value is -2.37. The lowest BCUT2D eigenvalue weighted by molar-refractivity contribution is 0.0697. The number of carbonyl (C=O) groups is 1. The molecule has 2 aromatic carbocycles. The van der Waals surface area contributed by atoms with Crippen molar-refractivity contribution in [2.24, 2.45) is 0 Å². The molecule has 0 saturated carbocycles. The predicted octanol–water partition coefficient (Wildman–Crippen LogP) is 3.71. The van der Waals surface area contributed by atoms with Crippen LogP contribution in [0.25, 0.3) is 0 Å². The Balaban J connectivity index is 1.64. The highest BCUT2D eigenvalue weighted by Crippen LogP contribution is 2.26. The first kappa shape index (κ1) is 19.4. The highest BCUT2D eigenvalue weighted by Gasteiger charge is 2.22. The van der Waals surface area contributed by atoms with Gasteiger partial charge in [-0.05, 0) is 61.3 Å². The first-order valence-electron chi connectivity index (χ1n) is 9.58. The normalized spacial score (nSPS) is 16.0. The Morgan fingerprint density at radius 3 is 2.33 bits per heavy atom. The molecule has 1 heterocycles. The number of likely N-dealkylation sites (tertiary alicyclic amines) is 1. The Morgan fingerprint density at radius 2 is 1.74 bits per heavy atom. The second-order valence-electron chi connectivity index (χ2n) is 7.02. The number of hydrogen-bond donors (Lipinski definition) is 2. The van der Waals surface area contributed by atoms with Crippen LogP contribution in [0.3, 0.4) is 0 Å². The fraction of sp³-hybridized carbons (Fsp3) is 0.409. The maximum atomic E-state index is 11.0. The van der Waals surface area contributed by atoms with E-state index in [2.05, 4.69) is 22.3 Å². The van der Waals surface area contributed by atoms with Crippen molar-refractivity contribution in [3.05, 3.63) is 65.2 Å². The van der Waals surface area contributed by atoms with Crippen LogP contribution >= 0.6 is 0 Å². The van der Waals surface area contributed by atoms with E-state index in [0.29, 0.717) is 11.6 Å². The molecule has 1 aliphatic rings. The number of nitrogens with one attached hydrogen (secondary N) is 1. The van der Waals surface area contributed by atoms with Gasteiger partial charge >= 0.3 is 5.97 Å². The van der Waals surface area contributed by atoms with Crippen LogP contribution in [0, 0.1) is 0 Å². The summed E-state index contributed by atoms with van der Waals surface area (Å²) >= 11 is 0. The number of hydrogen-bond acceptors (Lipinski definition) is 4. The molecule has 3 rings (SSSR count). The molecular weight excluding hydrogens is 340 g/mol. The van der Waals surface area contributed by atoms with Crippen molar-refractivity contribution < 1.29 is 14.6 Å². The van der Waals surface area contributed by atoms with Crippen molar-refractivity contribution in [2.75, 3.05) is 26.7 Å². The van der Waals surface area contributed by atoms with Crippen molar-refractivity contribution in [3.8, 4) is 5.75 Å². The van der Waals surface area contributed by atoms with E-state index in [-0.39, 0.29) is 0 Å². The third kappa shape index (κ3) is 5.31. The van der Waals surface area contributed by atoms with E-state index in [0.717, 1.165) is 37.5 Å². The fourth-order valence-electron chi connectivity index (χ4n) is 3.63. The van der Waals surface area contributed by atoms with Gasteiger partial charge < -0.3 is 15.2 Å². The first-order chi connectivity index (χ1) is 13.2. The molecular formula is C22H28N2O3. The van der Waals surface area contributed by atoms with Crippen molar-refractivity contribution in [3.63, 3.8) is 0 Å². The molecule has 0 amide bonds. The summed E-state index contributed by atoms with van der Waals surface area (Å²) in [6, 6.07) is 15.8. The largest absolute Gasteiger partial charge is 0.497 e. The molecule has 2 aromatic rings. The standard InChI is InChI=1S/C22H28N2O3/c1-27-20-11-9-18(10-12-20)21(24-13-3-2-4-14-24)16-23-15-17-5-7-19(8-6-17)22(25)26/h5-12,21,23H,2-4,13-16H2,1H3,(H,25,26). The number of rotatable bonds is 8. The molecule has 0 bridgehead atoms. The van der Waals surface area contributed by atoms with E-state index < -0.39 is 5.97 Å². The lowest BCUT2D eigenvalue weighted by Gasteiger charge is -2.35. The number of methoxy groups -OCH3 is 1. The average Bonchev–Trinajstić information content (AvgIpc) is 2.72. The molecule has 1 saturated heterocycles. The minimum Gasteiger partial charge on any atom is -0.497 e. The summed E-state index contributed by atoms with van der Waals surface area (Å²) in [5, 5.41) is 12.6. The van der Waals surface area contributed by atoms with Crippen LogP contribution in [0.4, 0.5) is 0 Å². The van der Waals surface area contributed by atoms with E-state index >= 15 is 0 Å². The van der Waals surface area contributed by atoms with E-state index in [9.17, 15) is 4.79 Å². The van der Waals surface area contributed by atoms with Gasteiger partial charge in [0.05, 0.1) is 12.7 Å². The minimum atomic E-state index is -0.890. The van der Waals surface area contributed by atoms with Crippen LogP contribution in [0.5, 0.6) is 5.75 Å². The lowest BCUT2D eigenvalue weighted by atomic mass is 10.0. The minimum absolute atomic E-state index is 0.322. The van der Waals surface area contributed by atoms with Crippen LogP contribution in [0.1, 0.15) is 46.8 Å². The van der Waals surface area contributed by atoms with Crippen molar-refractivity contribution in [1.82, 2.24) is 10.2 Å². The van der Waals surface area contributed by atoms with Crippen LogP contribution < -0.4 is 10.1 Å². The molecule has 1 aliphatic heterocycles. The average molecular weight is 368 g/mol. The summed E-state index contributed by atoms with van der Waals surface area (Å²) in [6.07, 6.45) is 3.82. The molecule has 1 fully saturated rings. The zero-order valence-corrected chi connectivity index (χ0v) is 15.9. The molecule has 0 aromatic heterocycles. The van der Waals surface area contributed by atoms with Gasteiger partial charge in [-0.1, -0.05) is 30.7 Å². The van der Waals surface area contributed by atoms with Crippen molar-refractivity contribution in [2.45, 2.75) is 31.8 Å². The van der Waals surface area contributed by atoms with Crippen LogP contribution in [0.2, 0.25) is 0 Å². The van der Waals surface area contributed by atoms with Gasteiger partial charge in [-0.2, -0.15) is 0 Å². The van der Waals surface area contributed by atoms with Crippen molar-refractivity contribution >= 4 is 5.97 Å². The summed E-state index contributed by atoms with van der Waals surface area (Å²) in [5.41, 5.74) is 2.71. The van der Waals surface area contributed by atoms with E-state index in [1.807, 2.05) is 24.3 Å². The summed E-state index contributed by atoms with van der Waals surface area (Å²) in [4.78, 5) is 13.5. The molecule has 144 valence electrons. The number of carboxylic acid groups (broad SMARTS) is 1. The third-order valence-electron chi connectivity index (χ3n) is 5.20. The summed E-state index contributed by atoms with van der Waals surface area (Å²) < 4.78 is 5.29. The van der Waals surface area contributed by atoms with Crippen LogP contribution in [0.15, 0.2) is 48.5 Å². The highest BCUT2D eigenvalue weighted by atomic mass is 16.5. The summed E-state index contributed by atoms with van der Waals surface area (Å²) in [7, 11) is 1.69. The van der Waals surface area contributed by atoms with Gasteiger partial charge in [-0.3, -0.25) is 4.90 Å². The number of benzene rings is 2. The highest BCUT2D eigenvalue weighted by molar-refractivity contribution is 5.87. The summed E-state index contributed by atoms with van der Waals surface area (Å²) in [6.45, 7) is 3.84. The molecule has 27 heavy (non-hydrogen) atoms. The molecule has 2 N–H and O–H groups in total. The summed E-state index contributed by atoms with van der Waals surface area (Å²) in [5.74, 6) is -0.0122. The molecule has 0 spiro atoms. The second-order valence-corrected chi connectivity index (χ2v) is 7.02. The van der Waals surface area contributed by atoms with Crippen LogP contribution in [-0.4, -0.2) is 42.7 Å². The second kappa shape index (κ2) is 9.53. The zero-order valence-electron chi connectivity index (χ0n) is 15.9. The quantitative estimate of drug-likeness (QED) is 0.744. The number of carboxylic acids is 1.